The fraction of sp³-hybridized carbons (Fsp3) is 0.714. The molecule has 0 fully saturated rings. The van der Waals surface area contributed by atoms with Gasteiger partial charge in [0.25, 0.3) is 0 Å². The first kappa shape index (κ1) is 14.9. The van der Waals surface area contributed by atoms with Crippen LogP contribution in [-0.4, -0.2) is 23.1 Å². The minimum Gasteiger partial charge on any atom is -0.463 e. The van der Waals surface area contributed by atoms with Crippen molar-refractivity contribution in [3.8, 4) is 6.01 Å². The molecule has 4 heteroatoms. The van der Waals surface area contributed by atoms with Crippen molar-refractivity contribution < 1.29 is 4.74 Å². The lowest BCUT2D eigenvalue weighted by molar-refractivity contribution is 0.267. The minimum absolute atomic E-state index is 0.493. The van der Waals surface area contributed by atoms with Gasteiger partial charge in [0.2, 0.25) is 0 Å². The van der Waals surface area contributed by atoms with Gasteiger partial charge in [-0.25, -0.2) is 9.97 Å². The molecular formula is C14H25N3O. The Labute approximate surface area is 110 Å². The summed E-state index contributed by atoms with van der Waals surface area (Å²) in [6.07, 6.45) is 4.02. The van der Waals surface area contributed by atoms with Crippen LogP contribution in [0.4, 0.5) is 0 Å². The van der Waals surface area contributed by atoms with Gasteiger partial charge in [0, 0.05) is 24.0 Å². The van der Waals surface area contributed by atoms with Crippen LogP contribution in [0.5, 0.6) is 6.01 Å². The van der Waals surface area contributed by atoms with E-state index in [2.05, 4.69) is 36.1 Å². The summed E-state index contributed by atoms with van der Waals surface area (Å²) in [6, 6.07) is 0.493. The van der Waals surface area contributed by atoms with Gasteiger partial charge < -0.3 is 10.1 Å². The molecule has 0 saturated heterocycles. The second kappa shape index (κ2) is 8.03. The first-order valence-electron chi connectivity index (χ1n) is 6.79. The lowest BCUT2D eigenvalue weighted by atomic mass is 10.1. The van der Waals surface area contributed by atoms with Crippen LogP contribution >= 0.6 is 0 Å². The van der Waals surface area contributed by atoms with Crippen LogP contribution in [0, 0.1) is 12.8 Å². The molecule has 1 N–H and O–H groups in total. The fourth-order valence-corrected chi connectivity index (χ4v) is 1.50. The third kappa shape index (κ3) is 5.45. The largest absolute Gasteiger partial charge is 0.463 e. The lowest BCUT2D eigenvalue weighted by Crippen LogP contribution is -2.15. The van der Waals surface area contributed by atoms with Crippen LogP contribution in [0.15, 0.2) is 6.20 Å². The first-order chi connectivity index (χ1) is 8.63. The van der Waals surface area contributed by atoms with E-state index in [1.165, 1.54) is 0 Å². The highest BCUT2D eigenvalue weighted by Gasteiger charge is 2.04. The molecule has 0 aromatic carbocycles. The maximum absolute atomic E-state index is 5.54. The second-order valence-electron chi connectivity index (χ2n) is 4.97. The number of aryl methyl sites for hydroxylation is 1. The number of nitrogens with zero attached hydrogens (tertiary/aromatic N) is 2. The van der Waals surface area contributed by atoms with Crippen molar-refractivity contribution >= 4 is 0 Å². The maximum Gasteiger partial charge on any atom is 0.316 e. The highest BCUT2D eigenvalue weighted by molar-refractivity contribution is 5.17. The normalized spacial score (nSPS) is 10.9. The van der Waals surface area contributed by atoms with Gasteiger partial charge in [-0.3, -0.25) is 0 Å². The molecule has 0 amide bonds. The number of aromatic nitrogens is 2. The van der Waals surface area contributed by atoms with E-state index in [1.807, 2.05) is 13.1 Å². The summed E-state index contributed by atoms with van der Waals surface area (Å²) in [5.41, 5.74) is 2.13. The van der Waals surface area contributed by atoms with E-state index in [9.17, 15) is 0 Å². The molecule has 1 aromatic heterocycles. The van der Waals surface area contributed by atoms with Crippen molar-refractivity contribution in [2.24, 2.45) is 5.92 Å². The number of hydrogen-bond acceptors (Lipinski definition) is 4. The molecule has 1 rings (SSSR count). The maximum atomic E-state index is 5.54. The standard InChI is InChI=1S/C14H25N3O/c1-5-7-15-9-13-10-16-14(17-12(13)4)18-8-6-11(2)3/h10-11,15H,5-9H2,1-4H3. The van der Waals surface area contributed by atoms with Crippen LogP contribution < -0.4 is 10.1 Å². The summed E-state index contributed by atoms with van der Waals surface area (Å²) >= 11 is 0. The van der Waals surface area contributed by atoms with Crippen LogP contribution in [-0.2, 0) is 6.54 Å². The Morgan fingerprint density at radius 1 is 1.39 bits per heavy atom. The van der Waals surface area contributed by atoms with Crippen LogP contribution in [0.3, 0.4) is 0 Å². The molecule has 0 aliphatic carbocycles. The predicted molar refractivity (Wildman–Crippen MR) is 73.7 cm³/mol. The molecule has 0 spiro atoms. The first-order valence-corrected chi connectivity index (χ1v) is 6.79. The van der Waals surface area contributed by atoms with Gasteiger partial charge in [0.1, 0.15) is 0 Å². The van der Waals surface area contributed by atoms with E-state index in [-0.39, 0.29) is 0 Å². The zero-order valence-electron chi connectivity index (χ0n) is 12.0. The topological polar surface area (TPSA) is 47.0 Å². The molecule has 1 aromatic rings. The molecular weight excluding hydrogens is 226 g/mol. The smallest absolute Gasteiger partial charge is 0.316 e. The summed E-state index contributed by atoms with van der Waals surface area (Å²) < 4.78 is 5.54. The average Bonchev–Trinajstić information content (AvgIpc) is 2.31. The van der Waals surface area contributed by atoms with E-state index >= 15 is 0 Å². The van der Waals surface area contributed by atoms with Gasteiger partial charge in [-0.15, -0.1) is 0 Å². The second-order valence-corrected chi connectivity index (χ2v) is 4.97. The predicted octanol–water partition coefficient (Wildman–Crippen LogP) is 2.71. The van der Waals surface area contributed by atoms with Gasteiger partial charge in [-0.05, 0) is 32.2 Å². The Bertz CT molecular complexity index is 353. The van der Waals surface area contributed by atoms with Crippen molar-refractivity contribution in [1.82, 2.24) is 15.3 Å². The van der Waals surface area contributed by atoms with E-state index < -0.39 is 0 Å². The zero-order chi connectivity index (χ0) is 13.4. The molecule has 4 nitrogen and oxygen atoms in total. The Hall–Kier alpha value is -1.16. The Morgan fingerprint density at radius 2 is 2.17 bits per heavy atom. The summed E-state index contributed by atoms with van der Waals surface area (Å²) in [6.45, 7) is 11.0. The molecule has 1 heterocycles. The quantitative estimate of drug-likeness (QED) is 0.722. The summed E-state index contributed by atoms with van der Waals surface area (Å²) in [5, 5.41) is 3.35. The van der Waals surface area contributed by atoms with E-state index in [0.29, 0.717) is 18.5 Å². The Balaban J connectivity index is 2.45. The monoisotopic (exact) mass is 251 g/mol. The molecule has 0 radical (unpaired) electrons. The van der Waals surface area contributed by atoms with Gasteiger partial charge in [0.05, 0.1) is 6.61 Å². The highest BCUT2D eigenvalue weighted by Crippen LogP contribution is 2.09. The molecule has 0 aliphatic rings. The average molecular weight is 251 g/mol. The van der Waals surface area contributed by atoms with Crippen molar-refractivity contribution in [3.63, 3.8) is 0 Å². The van der Waals surface area contributed by atoms with Crippen LogP contribution in [0.1, 0.15) is 44.9 Å². The van der Waals surface area contributed by atoms with Gasteiger partial charge >= 0.3 is 6.01 Å². The van der Waals surface area contributed by atoms with Gasteiger partial charge in [-0.1, -0.05) is 20.8 Å². The molecule has 0 saturated carbocycles. The lowest BCUT2D eigenvalue weighted by Gasteiger charge is -2.09. The minimum atomic E-state index is 0.493. The molecule has 0 unspecified atom stereocenters. The van der Waals surface area contributed by atoms with Crippen molar-refractivity contribution in [2.45, 2.75) is 47.1 Å². The third-order valence-electron chi connectivity index (χ3n) is 2.73. The number of ether oxygens (including phenoxy) is 1. The Morgan fingerprint density at radius 3 is 2.78 bits per heavy atom. The van der Waals surface area contributed by atoms with Gasteiger partial charge in [0.15, 0.2) is 0 Å². The van der Waals surface area contributed by atoms with Crippen LogP contribution in [0.2, 0.25) is 0 Å². The van der Waals surface area contributed by atoms with Crippen LogP contribution in [0.25, 0.3) is 0 Å². The number of rotatable bonds is 8. The summed E-state index contributed by atoms with van der Waals surface area (Å²) in [7, 11) is 0. The summed E-state index contributed by atoms with van der Waals surface area (Å²) in [5.74, 6) is 0.642. The SMILES string of the molecule is CCCNCc1cnc(OCCC(C)C)nc1C. The van der Waals surface area contributed by atoms with E-state index in [4.69, 9.17) is 4.74 Å². The molecule has 102 valence electrons. The fourth-order valence-electron chi connectivity index (χ4n) is 1.50. The van der Waals surface area contributed by atoms with Crippen molar-refractivity contribution in [1.29, 1.82) is 0 Å². The summed E-state index contributed by atoms with van der Waals surface area (Å²) in [4.78, 5) is 8.62. The molecule has 0 aliphatic heterocycles. The molecule has 18 heavy (non-hydrogen) atoms. The Kier molecular flexibility index (Phi) is 6.65. The van der Waals surface area contributed by atoms with Crippen molar-refractivity contribution in [2.75, 3.05) is 13.2 Å². The third-order valence-corrected chi connectivity index (χ3v) is 2.73. The van der Waals surface area contributed by atoms with Gasteiger partial charge in [-0.2, -0.15) is 0 Å². The van der Waals surface area contributed by atoms with E-state index in [1.54, 1.807) is 0 Å². The highest BCUT2D eigenvalue weighted by atomic mass is 16.5. The molecule has 0 atom stereocenters. The number of hydrogen-bond donors (Lipinski definition) is 1. The van der Waals surface area contributed by atoms with E-state index in [0.717, 1.165) is 37.2 Å². The zero-order valence-corrected chi connectivity index (χ0v) is 12.0. The molecule has 0 bridgehead atoms. The van der Waals surface area contributed by atoms with Crippen molar-refractivity contribution in [3.05, 3.63) is 17.5 Å². The number of nitrogens with one attached hydrogen (secondary N) is 1.